The monoisotopic (exact) mass is 265 g/mol. The molecule has 1 aliphatic rings. The van der Waals surface area contributed by atoms with Crippen LogP contribution in [0.2, 0.25) is 0 Å². The highest BCUT2D eigenvalue weighted by molar-refractivity contribution is 7.99. The second kappa shape index (κ2) is 5.14. The zero-order valence-corrected chi connectivity index (χ0v) is 11.8. The molecule has 3 N–H and O–H groups in total. The van der Waals surface area contributed by atoms with Crippen LogP contribution in [0.25, 0.3) is 0 Å². The third-order valence-electron chi connectivity index (χ3n) is 3.35. The van der Waals surface area contributed by atoms with Crippen molar-refractivity contribution >= 4 is 23.4 Å². The Morgan fingerprint density at radius 3 is 2.78 bits per heavy atom. The number of nitrogens with one attached hydrogen (secondary N) is 1. The van der Waals surface area contributed by atoms with Crippen molar-refractivity contribution in [2.75, 3.05) is 23.0 Å². The zero-order valence-electron chi connectivity index (χ0n) is 11.0. The van der Waals surface area contributed by atoms with E-state index in [0.29, 0.717) is 6.04 Å². The predicted octanol–water partition coefficient (Wildman–Crippen LogP) is 1.32. The largest absolute Gasteiger partial charge is 0.384 e. The first kappa shape index (κ1) is 13.1. The van der Waals surface area contributed by atoms with E-state index < -0.39 is 0 Å². The smallest absolute Gasteiger partial charge is 0.162 e. The highest BCUT2D eigenvalue weighted by Crippen LogP contribution is 2.27. The summed E-state index contributed by atoms with van der Waals surface area (Å²) in [5.41, 5.74) is 8.25. The summed E-state index contributed by atoms with van der Waals surface area (Å²) >= 11 is 1.95. The van der Waals surface area contributed by atoms with Gasteiger partial charge in [-0.2, -0.15) is 16.9 Å². The van der Waals surface area contributed by atoms with Crippen LogP contribution in [0.1, 0.15) is 23.7 Å². The van der Waals surface area contributed by atoms with Crippen LogP contribution in [-0.2, 0) is 0 Å². The fourth-order valence-corrected chi connectivity index (χ4v) is 3.17. The summed E-state index contributed by atoms with van der Waals surface area (Å²) in [5, 5.41) is 16.2. The Morgan fingerprint density at radius 1 is 1.44 bits per heavy atom. The number of thioether (sulfide) groups is 1. The molecule has 0 aliphatic carbocycles. The summed E-state index contributed by atoms with van der Waals surface area (Å²) in [6, 6.07) is 0.401. The van der Waals surface area contributed by atoms with Gasteiger partial charge in [0.1, 0.15) is 5.84 Å². The molecule has 1 saturated heterocycles. The van der Waals surface area contributed by atoms with Crippen molar-refractivity contribution in [2.24, 2.45) is 5.73 Å². The van der Waals surface area contributed by atoms with E-state index in [-0.39, 0.29) is 5.84 Å². The third-order valence-corrected chi connectivity index (χ3v) is 4.53. The Hall–Kier alpha value is -1.30. The molecule has 0 bridgehead atoms. The Kier molecular flexibility index (Phi) is 3.75. The summed E-state index contributed by atoms with van der Waals surface area (Å²) < 4.78 is 0. The quantitative estimate of drug-likeness (QED) is 0.623. The maximum Gasteiger partial charge on any atom is 0.162 e. The first-order valence-corrected chi connectivity index (χ1v) is 7.20. The lowest BCUT2D eigenvalue weighted by Gasteiger charge is -2.35. The second-order valence-electron chi connectivity index (χ2n) is 4.64. The van der Waals surface area contributed by atoms with Gasteiger partial charge in [-0.15, -0.1) is 5.10 Å². The van der Waals surface area contributed by atoms with Crippen molar-refractivity contribution < 1.29 is 0 Å². The van der Waals surface area contributed by atoms with E-state index in [9.17, 15) is 0 Å². The van der Waals surface area contributed by atoms with Crippen LogP contribution in [0, 0.1) is 19.3 Å². The van der Waals surface area contributed by atoms with Crippen LogP contribution in [-0.4, -0.2) is 40.1 Å². The summed E-state index contributed by atoms with van der Waals surface area (Å²) in [6.07, 6.45) is 0. The summed E-state index contributed by atoms with van der Waals surface area (Å²) in [7, 11) is 0. The number of anilines is 1. The van der Waals surface area contributed by atoms with Crippen molar-refractivity contribution in [3.63, 3.8) is 0 Å². The number of amidine groups is 1. The van der Waals surface area contributed by atoms with Crippen LogP contribution in [0.3, 0.4) is 0 Å². The van der Waals surface area contributed by atoms with Gasteiger partial charge in [0.15, 0.2) is 5.82 Å². The number of aryl methyl sites for hydroxylation is 1. The molecule has 5 nitrogen and oxygen atoms in total. The number of nitrogens with zero attached hydrogens (tertiary/aromatic N) is 3. The van der Waals surface area contributed by atoms with Crippen LogP contribution >= 0.6 is 11.8 Å². The zero-order chi connectivity index (χ0) is 13.3. The standard InChI is InChI=1S/C12H19N5S/c1-7-6-18-5-4-17(7)12-10(11(13)14)8(2)9(3)15-16-12/h7H,4-6H2,1-3H3,(H3,13,14). The molecule has 0 spiro atoms. The maximum atomic E-state index is 7.78. The molecule has 0 aromatic carbocycles. The Bertz CT molecular complexity index is 474. The van der Waals surface area contributed by atoms with Gasteiger partial charge in [-0.25, -0.2) is 0 Å². The normalized spacial score (nSPS) is 19.9. The maximum absolute atomic E-state index is 7.78. The second-order valence-corrected chi connectivity index (χ2v) is 5.79. The van der Waals surface area contributed by atoms with E-state index in [1.807, 2.05) is 25.6 Å². The molecule has 1 aromatic rings. The molecule has 1 aliphatic heterocycles. The molecule has 0 radical (unpaired) electrons. The van der Waals surface area contributed by atoms with E-state index in [2.05, 4.69) is 22.0 Å². The molecule has 1 aromatic heterocycles. The molecule has 18 heavy (non-hydrogen) atoms. The van der Waals surface area contributed by atoms with Gasteiger partial charge in [0, 0.05) is 24.1 Å². The van der Waals surface area contributed by atoms with Gasteiger partial charge in [-0.1, -0.05) is 0 Å². The molecule has 0 saturated carbocycles. The Balaban J connectivity index is 2.49. The van der Waals surface area contributed by atoms with Crippen molar-refractivity contribution in [1.29, 1.82) is 5.41 Å². The van der Waals surface area contributed by atoms with E-state index in [0.717, 1.165) is 40.7 Å². The number of nitrogens with two attached hydrogens (primary N) is 1. The van der Waals surface area contributed by atoms with Gasteiger partial charge in [-0.3, -0.25) is 5.41 Å². The fourth-order valence-electron chi connectivity index (χ4n) is 2.16. The van der Waals surface area contributed by atoms with Crippen LogP contribution in [0.15, 0.2) is 0 Å². The Morgan fingerprint density at radius 2 is 2.17 bits per heavy atom. The fraction of sp³-hybridized carbons (Fsp3) is 0.583. The minimum absolute atomic E-state index is 0.0749. The first-order valence-electron chi connectivity index (χ1n) is 6.05. The molecule has 6 heteroatoms. The van der Waals surface area contributed by atoms with E-state index in [4.69, 9.17) is 11.1 Å². The van der Waals surface area contributed by atoms with Crippen molar-refractivity contribution in [3.05, 3.63) is 16.8 Å². The van der Waals surface area contributed by atoms with E-state index in [1.165, 1.54) is 0 Å². The molecule has 1 atom stereocenters. The average molecular weight is 265 g/mol. The van der Waals surface area contributed by atoms with Crippen molar-refractivity contribution in [3.8, 4) is 0 Å². The van der Waals surface area contributed by atoms with Crippen LogP contribution < -0.4 is 10.6 Å². The van der Waals surface area contributed by atoms with Crippen molar-refractivity contribution in [1.82, 2.24) is 10.2 Å². The van der Waals surface area contributed by atoms with Crippen molar-refractivity contribution in [2.45, 2.75) is 26.8 Å². The Labute approximate surface area is 112 Å². The van der Waals surface area contributed by atoms with Gasteiger partial charge < -0.3 is 10.6 Å². The number of nitrogen functional groups attached to an aromatic ring is 1. The van der Waals surface area contributed by atoms with Gasteiger partial charge in [-0.05, 0) is 26.3 Å². The lowest BCUT2D eigenvalue weighted by molar-refractivity contribution is 0.679. The lowest BCUT2D eigenvalue weighted by Crippen LogP contribution is -2.42. The minimum atomic E-state index is 0.0749. The molecular weight excluding hydrogens is 246 g/mol. The molecule has 2 heterocycles. The summed E-state index contributed by atoms with van der Waals surface area (Å²) in [6.45, 7) is 6.96. The number of rotatable bonds is 2. The molecule has 2 rings (SSSR count). The summed E-state index contributed by atoms with van der Waals surface area (Å²) in [5.74, 6) is 2.99. The number of hydrogen-bond donors (Lipinski definition) is 2. The number of aromatic nitrogens is 2. The topological polar surface area (TPSA) is 78.9 Å². The summed E-state index contributed by atoms with van der Waals surface area (Å²) in [4.78, 5) is 2.21. The van der Waals surface area contributed by atoms with E-state index >= 15 is 0 Å². The highest BCUT2D eigenvalue weighted by Gasteiger charge is 2.25. The van der Waals surface area contributed by atoms with Gasteiger partial charge in [0.25, 0.3) is 0 Å². The first-order chi connectivity index (χ1) is 8.52. The molecule has 1 fully saturated rings. The van der Waals surface area contributed by atoms with Crippen LogP contribution in [0.4, 0.5) is 5.82 Å². The van der Waals surface area contributed by atoms with Gasteiger partial charge in [0.2, 0.25) is 0 Å². The third kappa shape index (κ3) is 2.29. The number of hydrogen-bond acceptors (Lipinski definition) is 5. The lowest BCUT2D eigenvalue weighted by atomic mass is 10.1. The van der Waals surface area contributed by atoms with Gasteiger partial charge in [0.05, 0.1) is 11.3 Å². The molecule has 98 valence electrons. The van der Waals surface area contributed by atoms with Crippen LogP contribution in [0.5, 0.6) is 0 Å². The highest BCUT2D eigenvalue weighted by atomic mass is 32.2. The SMILES string of the molecule is Cc1nnc(N2CCSCC2C)c(C(=N)N)c1C. The molecule has 0 amide bonds. The minimum Gasteiger partial charge on any atom is -0.384 e. The predicted molar refractivity (Wildman–Crippen MR) is 76.7 cm³/mol. The van der Waals surface area contributed by atoms with E-state index in [1.54, 1.807) is 0 Å². The molecule has 1 unspecified atom stereocenters. The molecular formula is C12H19N5S. The van der Waals surface area contributed by atoms with Gasteiger partial charge >= 0.3 is 0 Å². The average Bonchev–Trinajstić information content (AvgIpc) is 2.33.